The van der Waals surface area contributed by atoms with Crippen LogP contribution in [0.5, 0.6) is 0 Å². The van der Waals surface area contributed by atoms with Crippen molar-refractivity contribution in [1.29, 1.82) is 5.26 Å². The Bertz CT molecular complexity index is 1370. The molecule has 15 heteroatoms. The van der Waals surface area contributed by atoms with E-state index in [1.54, 1.807) is 0 Å². The smallest absolute Gasteiger partial charge is 0.355 e. The van der Waals surface area contributed by atoms with Gasteiger partial charge in [0.2, 0.25) is 0 Å². The van der Waals surface area contributed by atoms with Crippen LogP contribution >= 0.6 is 12.2 Å². The molecule has 1 N–H and O–H groups in total. The molecule has 0 aromatic heterocycles. The number of carbonyl (C=O) groups excluding carboxylic acids is 2. The molecule has 0 aliphatic carbocycles. The molecule has 202 valence electrons. The lowest BCUT2D eigenvalue weighted by atomic mass is 9.89. The van der Waals surface area contributed by atoms with E-state index in [1.165, 1.54) is 27.0 Å². The Morgan fingerprint density at radius 2 is 1.55 bits per heavy atom. The van der Waals surface area contributed by atoms with Crippen molar-refractivity contribution in [3.63, 3.8) is 0 Å². The lowest BCUT2D eigenvalue weighted by Gasteiger charge is -2.31. The van der Waals surface area contributed by atoms with Gasteiger partial charge in [-0.15, -0.1) is 0 Å². The number of benzene rings is 2. The molecule has 0 radical (unpaired) electrons. The zero-order valence-electron chi connectivity index (χ0n) is 19.6. The van der Waals surface area contributed by atoms with E-state index in [2.05, 4.69) is 5.32 Å². The number of hydrogen-bond acceptors (Lipinski definition) is 4. The number of alkyl halides is 7. The number of anilines is 2. The van der Waals surface area contributed by atoms with Gasteiger partial charge in [-0.1, -0.05) is 0 Å². The fourth-order valence-electron chi connectivity index (χ4n) is 3.94. The molecule has 0 bridgehead atoms. The Labute approximate surface area is 215 Å². The van der Waals surface area contributed by atoms with Gasteiger partial charge in [-0.2, -0.15) is 31.6 Å². The van der Waals surface area contributed by atoms with Crippen molar-refractivity contribution >= 4 is 40.5 Å². The highest BCUT2D eigenvalue weighted by Gasteiger charge is 2.74. The summed E-state index contributed by atoms with van der Waals surface area (Å²) < 4.78 is 110. The average molecular weight is 564 g/mol. The van der Waals surface area contributed by atoms with Gasteiger partial charge in [-0.25, -0.2) is 8.78 Å². The fraction of sp³-hybridized carbons (Fsp3) is 0.304. The van der Waals surface area contributed by atoms with E-state index in [1.807, 2.05) is 0 Å². The summed E-state index contributed by atoms with van der Waals surface area (Å²) in [6.45, 7) is 2.59. The first kappa shape index (κ1) is 28.8. The second-order valence-corrected chi connectivity index (χ2v) is 8.92. The van der Waals surface area contributed by atoms with Crippen LogP contribution in [-0.2, 0) is 10.5 Å². The number of carbonyl (C=O) groups is 2. The Kier molecular flexibility index (Phi) is 6.96. The minimum absolute atomic E-state index is 0.0692. The molecule has 1 heterocycles. The van der Waals surface area contributed by atoms with Crippen molar-refractivity contribution in [2.75, 3.05) is 16.8 Å². The monoisotopic (exact) mass is 564 g/mol. The van der Waals surface area contributed by atoms with Crippen LogP contribution in [0.25, 0.3) is 0 Å². The van der Waals surface area contributed by atoms with Crippen molar-refractivity contribution in [2.45, 2.75) is 37.4 Å². The van der Waals surface area contributed by atoms with E-state index < -0.39 is 63.1 Å². The lowest BCUT2D eigenvalue weighted by molar-refractivity contribution is -0.348. The molecule has 2 amide bonds. The fourth-order valence-corrected chi connectivity index (χ4v) is 4.46. The second kappa shape index (κ2) is 9.19. The molecule has 6 nitrogen and oxygen atoms in total. The van der Waals surface area contributed by atoms with Crippen LogP contribution in [0.1, 0.15) is 35.3 Å². The number of nitrogens with one attached hydrogen (secondary N) is 1. The van der Waals surface area contributed by atoms with Gasteiger partial charge < -0.3 is 10.2 Å². The van der Waals surface area contributed by atoms with Crippen LogP contribution in [0.2, 0.25) is 0 Å². The van der Waals surface area contributed by atoms with Gasteiger partial charge in [0.15, 0.2) is 5.11 Å². The summed E-state index contributed by atoms with van der Waals surface area (Å²) in [6.07, 6.45) is -13.0. The zero-order chi connectivity index (χ0) is 29.0. The summed E-state index contributed by atoms with van der Waals surface area (Å²) in [6, 6.07) is 5.68. The van der Waals surface area contributed by atoms with Gasteiger partial charge in [-0.3, -0.25) is 14.5 Å². The molecular weight excluding hydrogens is 548 g/mol. The third kappa shape index (κ3) is 4.22. The highest BCUT2D eigenvalue weighted by Crippen LogP contribution is 2.54. The van der Waals surface area contributed by atoms with Crippen LogP contribution in [0.3, 0.4) is 0 Å². The van der Waals surface area contributed by atoms with E-state index in [0.29, 0.717) is 11.0 Å². The quantitative estimate of drug-likeness (QED) is 0.405. The Morgan fingerprint density at radius 3 is 2.03 bits per heavy atom. The summed E-state index contributed by atoms with van der Waals surface area (Å²) >= 11 is 5.27. The SMILES string of the molecule is CNC(=O)c1ccc(N2C(=S)N(c3ccc(C#N)c(C(F)(C(F)(F)F)C(F)(F)F)c3)C(=O)C2(C)C)cc1F. The van der Waals surface area contributed by atoms with Gasteiger partial charge in [0.05, 0.1) is 22.9 Å². The van der Waals surface area contributed by atoms with Crippen molar-refractivity contribution in [3.05, 3.63) is 58.9 Å². The number of rotatable bonds is 4. The zero-order valence-corrected chi connectivity index (χ0v) is 20.4. The van der Waals surface area contributed by atoms with Crippen molar-refractivity contribution in [2.24, 2.45) is 0 Å². The molecular formula is C23H16F8N4O2S. The second-order valence-electron chi connectivity index (χ2n) is 8.56. The van der Waals surface area contributed by atoms with Gasteiger partial charge in [0.25, 0.3) is 11.8 Å². The molecule has 1 fully saturated rings. The summed E-state index contributed by atoms with van der Waals surface area (Å²) in [5.41, 5.74) is -12.1. The summed E-state index contributed by atoms with van der Waals surface area (Å²) in [7, 11) is 1.26. The Hall–Kier alpha value is -3.80. The Balaban J connectivity index is 2.19. The maximum Gasteiger partial charge on any atom is 0.435 e. The molecule has 0 spiro atoms. The maximum absolute atomic E-state index is 14.9. The molecule has 2 aromatic rings. The predicted octanol–water partition coefficient (Wildman–Crippen LogP) is 5.26. The number of nitrogens with zero attached hydrogens (tertiary/aromatic N) is 3. The summed E-state index contributed by atoms with van der Waals surface area (Å²) in [5, 5.41) is 10.9. The molecule has 1 saturated heterocycles. The first-order valence-corrected chi connectivity index (χ1v) is 10.8. The molecule has 0 atom stereocenters. The summed E-state index contributed by atoms with van der Waals surface area (Å²) in [4.78, 5) is 26.7. The molecule has 3 rings (SSSR count). The number of hydrogen-bond donors (Lipinski definition) is 1. The first-order chi connectivity index (χ1) is 17.3. The number of nitriles is 1. The standard InChI is InChI=1S/C23H16F8N4O2S/c1-20(2)18(37)34(19(38)35(20)13-6-7-14(16(24)9-13)17(36)33-3)12-5-4-11(10-32)15(8-12)21(25,22(26,27)28)23(29,30)31/h4-9H,1-3H3,(H,33,36). The highest BCUT2D eigenvalue weighted by atomic mass is 32.1. The van der Waals surface area contributed by atoms with Crippen molar-refractivity contribution in [3.8, 4) is 6.07 Å². The lowest BCUT2D eigenvalue weighted by Crippen LogP contribution is -2.51. The van der Waals surface area contributed by atoms with Crippen LogP contribution in [0, 0.1) is 17.1 Å². The molecule has 0 unspecified atom stereocenters. The topological polar surface area (TPSA) is 76.4 Å². The van der Waals surface area contributed by atoms with E-state index in [0.717, 1.165) is 29.2 Å². The third-order valence-electron chi connectivity index (χ3n) is 5.88. The number of halogens is 8. The normalized spacial score (nSPS) is 16.1. The van der Waals surface area contributed by atoms with Gasteiger partial charge in [0.1, 0.15) is 11.4 Å². The summed E-state index contributed by atoms with van der Waals surface area (Å²) in [5.74, 6) is -2.73. The van der Waals surface area contributed by atoms with E-state index in [-0.39, 0.29) is 17.3 Å². The largest absolute Gasteiger partial charge is 0.435 e. The average Bonchev–Trinajstić information content (AvgIpc) is 2.99. The molecule has 2 aromatic carbocycles. The minimum atomic E-state index is -6.51. The maximum atomic E-state index is 14.9. The molecule has 38 heavy (non-hydrogen) atoms. The van der Waals surface area contributed by atoms with Crippen LogP contribution in [-0.4, -0.2) is 41.9 Å². The number of amides is 2. The van der Waals surface area contributed by atoms with Crippen molar-refractivity contribution in [1.82, 2.24) is 5.32 Å². The van der Waals surface area contributed by atoms with E-state index in [4.69, 9.17) is 17.5 Å². The first-order valence-electron chi connectivity index (χ1n) is 10.4. The van der Waals surface area contributed by atoms with Crippen LogP contribution < -0.4 is 15.1 Å². The van der Waals surface area contributed by atoms with Gasteiger partial charge in [0, 0.05) is 18.3 Å². The van der Waals surface area contributed by atoms with E-state index in [9.17, 15) is 44.7 Å². The van der Waals surface area contributed by atoms with Gasteiger partial charge in [-0.05, 0) is 62.5 Å². The molecule has 1 aliphatic heterocycles. The van der Waals surface area contributed by atoms with E-state index >= 15 is 0 Å². The van der Waals surface area contributed by atoms with Crippen LogP contribution in [0.15, 0.2) is 36.4 Å². The third-order valence-corrected chi connectivity index (χ3v) is 6.25. The highest BCUT2D eigenvalue weighted by molar-refractivity contribution is 7.81. The van der Waals surface area contributed by atoms with Gasteiger partial charge >= 0.3 is 18.0 Å². The number of thiocarbonyl (C=S) groups is 1. The Morgan fingerprint density at radius 1 is 1.00 bits per heavy atom. The molecule has 0 saturated carbocycles. The minimum Gasteiger partial charge on any atom is -0.355 e. The molecule has 1 aliphatic rings. The van der Waals surface area contributed by atoms with Crippen LogP contribution in [0.4, 0.5) is 46.5 Å². The predicted molar refractivity (Wildman–Crippen MR) is 122 cm³/mol. The van der Waals surface area contributed by atoms with Crippen molar-refractivity contribution < 1.29 is 44.7 Å².